The van der Waals surface area contributed by atoms with E-state index in [0.29, 0.717) is 25.3 Å². The normalized spacial score (nSPS) is 19.9. The number of carbonyl (C=O) groups is 1. The Bertz CT molecular complexity index is 523. The Morgan fingerprint density at radius 1 is 1.04 bits per heavy atom. The van der Waals surface area contributed by atoms with Gasteiger partial charge in [0.25, 0.3) is 5.91 Å². The molecule has 6 nitrogen and oxygen atoms in total. The van der Waals surface area contributed by atoms with Gasteiger partial charge in [0.15, 0.2) is 0 Å². The van der Waals surface area contributed by atoms with Gasteiger partial charge in [-0.15, -0.1) is 0 Å². The van der Waals surface area contributed by atoms with Crippen LogP contribution in [0.4, 0.5) is 5.82 Å². The number of aliphatic hydroxyl groups excluding tert-OH is 1. The van der Waals surface area contributed by atoms with Crippen molar-refractivity contribution in [3.05, 3.63) is 23.9 Å². The van der Waals surface area contributed by atoms with Gasteiger partial charge >= 0.3 is 0 Å². The summed E-state index contributed by atoms with van der Waals surface area (Å²) in [6, 6.07) is 5.75. The number of β-amino-alcohol motifs (C(OH)–C–C–N with tert-alkyl or cyclic N) is 1. The van der Waals surface area contributed by atoms with Crippen LogP contribution in [0.5, 0.6) is 0 Å². The fraction of sp³-hybridized carbons (Fsp3) is 0.647. The lowest BCUT2D eigenvalue weighted by Crippen LogP contribution is -2.49. The third kappa shape index (κ3) is 4.00. The molecule has 3 heterocycles. The Hall–Kier alpha value is -1.66. The summed E-state index contributed by atoms with van der Waals surface area (Å²) in [6.07, 6.45) is 3.69. The topological polar surface area (TPSA) is 59.9 Å². The molecule has 3 rings (SSSR count). The van der Waals surface area contributed by atoms with E-state index in [1.54, 1.807) is 0 Å². The molecule has 0 bridgehead atoms. The van der Waals surface area contributed by atoms with E-state index in [4.69, 9.17) is 5.11 Å². The molecule has 2 aliphatic rings. The Labute approximate surface area is 137 Å². The van der Waals surface area contributed by atoms with Crippen LogP contribution < -0.4 is 4.90 Å². The van der Waals surface area contributed by atoms with Crippen molar-refractivity contribution in [2.24, 2.45) is 0 Å². The lowest BCUT2D eigenvalue weighted by molar-refractivity contribution is 0.0609. The van der Waals surface area contributed by atoms with Crippen molar-refractivity contribution in [2.45, 2.75) is 19.3 Å². The highest BCUT2D eigenvalue weighted by Gasteiger charge is 2.23. The molecule has 0 aliphatic carbocycles. The van der Waals surface area contributed by atoms with Crippen LogP contribution in [0.2, 0.25) is 0 Å². The highest BCUT2D eigenvalue weighted by atomic mass is 16.3. The minimum absolute atomic E-state index is 0.0208. The van der Waals surface area contributed by atoms with Gasteiger partial charge in [-0.05, 0) is 31.4 Å². The molecule has 0 aromatic carbocycles. The standard InChI is InChI=1S/C17H26N4O2/c22-14-13-19-9-11-21(12-10-19)17(23)15-5-4-6-16(18-15)20-7-2-1-3-8-20/h4-6,22H,1-3,7-14H2. The van der Waals surface area contributed by atoms with Crippen LogP contribution in [0.15, 0.2) is 18.2 Å². The first kappa shape index (κ1) is 16.2. The highest BCUT2D eigenvalue weighted by molar-refractivity contribution is 5.92. The van der Waals surface area contributed by atoms with Gasteiger partial charge in [-0.25, -0.2) is 4.98 Å². The first-order valence-electron chi connectivity index (χ1n) is 8.62. The van der Waals surface area contributed by atoms with E-state index in [1.165, 1.54) is 19.3 Å². The smallest absolute Gasteiger partial charge is 0.272 e. The van der Waals surface area contributed by atoms with E-state index in [-0.39, 0.29) is 12.5 Å². The van der Waals surface area contributed by atoms with E-state index in [9.17, 15) is 4.79 Å². The van der Waals surface area contributed by atoms with E-state index in [1.807, 2.05) is 23.1 Å². The molecule has 2 aliphatic heterocycles. The average molecular weight is 318 g/mol. The quantitative estimate of drug-likeness (QED) is 0.891. The molecule has 1 aromatic rings. The van der Waals surface area contributed by atoms with Gasteiger partial charge in [0.2, 0.25) is 0 Å². The molecule has 1 aromatic heterocycles. The lowest BCUT2D eigenvalue weighted by Gasteiger charge is -2.34. The number of pyridine rings is 1. The van der Waals surface area contributed by atoms with E-state index in [0.717, 1.165) is 32.0 Å². The fourth-order valence-electron chi connectivity index (χ4n) is 3.32. The zero-order valence-electron chi connectivity index (χ0n) is 13.7. The van der Waals surface area contributed by atoms with Crippen molar-refractivity contribution in [3.8, 4) is 0 Å². The molecule has 2 fully saturated rings. The maximum atomic E-state index is 12.7. The Morgan fingerprint density at radius 3 is 2.48 bits per heavy atom. The molecule has 126 valence electrons. The second kappa shape index (κ2) is 7.75. The molecule has 6 heteroatoms. The van der Waals surface area contributed by atoms with Gasteiger partial charge in [0, 0.05) is 45.8 Å². The van der Waals surface area contributed by atoms with Gasteiger partial charge in [-0.2, -0.15) is 0 Å². The highest BCUT2D eigenvalue weighted by Crippen LogP contribution is 2.18. The van der Waals surface area contributed by atoms with E-state index >= 15 is 0 Å². The third-order valence-corrected chi connectivity index (χ3v) is 4.71. The van der Waals surface area contributed by atoms with Crippen molar-refractivity contribution in [2.75, 3.05) is 57.3 Å². The number of anilines is 1. The van der Waals surface area contributed by atoms with Crippen molar-refractivity contribution < 1.29 is 9.90 Å². The number of aromatic nitrogens is 1. The van der Waals surface area contributed by atoms with Crippen LogP contribution in [0.25, 0.3) is 0 Å². The summed E-state index contributed by atoms with van der Waals surface area (Å²) in [5.74, 6) is 0.946. The van der Waals surface area contributed by atoms with E-state index in [2.05, 4.69) is 14.8 Å². The van der Waals surface area contributed by atoms with Gasteiger partial charge in [-0.3, -0.25) is 9.69 Å². The van der Waals surface area contributed by atoms with Crippen LogP contribution in [0.3, 0.4) is 0 Å². The van der Waals surface area contributed by atoms with E-state index < -0.39 is 0 Å². The maximum absolute atomic E-state index is 12.7. The number of rotatable bonds is 4. The van der Waals surface area contributed by atoms with Crippen LogP contribution >= 0.6 is 0 Å². The number of carbonyl (C=O) groups excluding carboxylic acids is 1. The first-order valence-corrected chi connectivity index (χ1v) is 8.62. The molecular weight excluding hydrogens is 292 g/mol. The number of aliphatic hydroxyl groups is 1. The zero-order valence-corrected chi connectivity index (χ0v) is 13.7. The summed E-state index contributed by atoms with van der Waals surface area (Å²) < 4.78 is 0. The predicted molar refractivity (Wildman–Crippen MR) is 89.7 cm³/mol. The Kier molecular flexibility index (Phi) is 5.46. The van der Waals surface area contributed by atoms with Crippen LogP contribution in [0, 0.1) is 0 Å². The molecule has 0 saturated carbocycles. The molecule has 23 heavy (non-hydrogen) atoms. The number of piperazine rings is 1. The van der Waals surface area contributed by atoms with Gasteiger partial charge in [-0.1, -0.05) is 6.07 Å². The zero-order chi connectivity index (χ0) is 16.1. The summed E-state index contributed by atoms with van der Waals surface area (Å²) in [4.78, 5) is 23.6. The molecule has 0 radical (unpaired) electrons. The number of nitrogens with zero attached hydrogens (tertiary/aromatic N) is 4. The summed E-state index contributed by atoms with van der Waals surface area (Å²) in [7, 11) is 0. The van der Waals surface area contributed by atoms with Crippen LogP contribution in [0.1, 0.15) is 29.8 Å². The molecule has 0 spiro atoms. The largest absolute Gasteiger partial charge is 0.395 e. The number of amides is 1. The number of piperidine rings is 1. The molecule has 2 saturated heterocycles. The maximum Gasteiger partial charge on any atom is 0.272 e. The summed E-state index contributed by atoms with van der Waals surface area (Å²) in [6.45, 7) is 5.96. The van der Waals surface area contributed by atoms with Crippen molar-refractivity contribution in [1.82, 2.24) is 14.8 Å². The molecule has 0 unspecified atom stereocenters. The molecule has 1 N–H and O–H groups in total. The second-order valence-corrected chi connectivity index (χ2v) is 6.29. The van der Waals surface area contributed by atoms with Crippen LogP contribution in [-0.4, -0.2) is 78.2 Å². The summed E-state index contributed by atoms with van der Waals surface area (Å²) in [5, 5.41) is 8.99. The summed E-state index contributed by atoms with van der Waals surface area (Å²) in [5.41, 5.74) is 0.545. The number of hydrogen-bond acceptors (Lipinski definition) is 5. The lowest BCUT2D eigenvalue weighted by atomic mass is 10.1. The summed E-state index contributed by atoms with van der Waals surface area (Å²) >= 11 is 0. The van der Waals surface area contributed by atoms with Crippen molar-refractivity contribution >= 4 is 11.7 Å². The average Bonchev–Trinajstić information content (AvgIpc) is 2.63. The number of hydrogen-bond donors (Lipinski definition) is 1. The molecule has 1 amide bonds. The fourth-order valence-corrected chi connectivity index (χ4v) is 3.32. The third-order valence-electron chi connectivity index (χ3n) is 4.71. The predicted octanol–water partition coefficient (Wildman–Crippen LogP) is 0.822. The minimum Gasteiger partial charge on any atom is -0.395 e. The van der Waals surface area contributed by atoms with Gasteiger partial charge < -0.3 is 14.9 Å². The Morgan fingerprint density at radius 2 is 1.78 bits per heavy atom. The van der Waals surface area contributed by atoms with Gasteiger partial charge in [0.1, 0.15) is 11.5 Å². The first-order chi connectivity index (χ1) is 11.3. The van der Waals surface area contributed by atoms with Crippen molar-refractivity contribution in [1.29, 1.82) is 0 Å². The monoisotopic (exact) mass is 318 g/mol. The SMILES string of the molecule is O=C(c1cccc(N2CCCCC2)n1)N1CCN(CCO)CC1. The molecule has 0 atom stereocenters. The molecular formula is C17H26N4O2. The Balaban J connectivity index is 1.63. The van der Waals surface area contributed by atoms with Gasteiger partial charge in [0.05, 0.1) is 6.61 Å². The minimum atomic E-state index is 0.0208. The van der Waals surface area contributed by atoms with Crippen molar-refractivity contribution in [3.63, 3.8) is 0 Å². The second-order valence-electron chi connectivity index (χ2n) is 6.29. The van der Waals surface area contributed by atoms with Crippen LogP contribution in [-0.2, 0) is 0 Å².